The molecule has 0 heterocycles. The summed E-state index contributed by atoms with van der Waals surface area (Å²) in [4.78, 5) is 0. The minimum atomic E-state index is 0.397. The average molecular weight is 147 g/mol. The predicted octanol–water partition coefficient (Wildman–Crippen LogP) is 3.24. The Hall–Kier alpha value is -0.780. The van der Waals surface area contributed by atoms with Gasteiger partial charge in [-0.3, -0.25) is 0 Å². The summed E-state index contributed by atoms with van der Waals surface area (Å²) in [6.45, 7) is 10.4. The number of rotatable bonds is 1. The van der Waals surface area contributed by atoms with E-state index in [2.05, 4.69) is 45.9 Å². The summed E-state index contributed by atoms with van der Waals surface area (Å²) in [5.74, 6) is 0.397. The molecule has 0 unspecified atom stereocenters. The van der Waals surface area contributed by atoms with Crippen molar-refractivity contribution < 1.29 is 0 Å². The van der Waals surface area contributed by atoms with Crippen molar-refractivity contribution in [2.45, 2.75) is 26.7 Å². The van der Waals surface area contributed by atoms with Gasteiger partial charge in [-0.15, -0.1) is 0 Å². The topological polar surface area (TPSA) is 0 Å². The van der Waals surface area contributed by atoms with E-state index in [0.717, 1.165) is 0 Å². The van der Waals surface area contributed by atoms with Gasteiger partial charge in [0.15, 0.2) is 0 Å². The van der Waals surface area contributed by atoms with Crippen LogP contribution in [0.2, 0.25) is 0 Å². The molecule has 1 aromatic rings. The van der Waals surface area contributed by atoms with Gasteiger partial charge in [0.05, 0.1) is 0 Å². The molecule has 0 aliphatic rings. The zero-order valence-electron chi connectivity index (χ0n) is 7.52. The molecule has 0 saturated heterocycles. The summed E-state index contributed by atoms with van der Waals surface area (Å²) >= 11 is 0. The maximum absolute atomic E-state index is 3.99. The molecule has 0 spiro atoms. The highest BCUT2D eigenvalue weighted by atomic mass is 14.0. The molecule has 1 aromatic carbocycles. The highest BCUT2D eigenvalue weighted by Crippen LogP contribution is 2.16. The Morgan fingerprint density at radius 2 is 1.55 bits per heavy atom. The first kappa shape index (κ1) is 8.32. The van der Waals surface area contributed by atoms with Crippen molar-refractivity contribution in [3.63, 3.8) is 0 Å². The molecule has 1 radical (unpaired) electrons. The summed E-state index contributed by atoms with van der Waals surface area (Å²) in [7, 11) is 0. The van der Waals surface area contributed by atoms with Crippen LogP contribution < -0.4 is 0 Å². The molecule has 0 nitrogen and oxygen atoms in total. The normalized spacial score (nSPS) is 10.6. The van der Waals surface area contributed by atoms with Crippen LogP contribution in [-0.2, 0) is 0 Å². The Morgan fingerprint density at radius 3 is 1.91 bits per heavy atom. The van der Waals surface area contributed by atoms with Gasteiger partial charge >= 0.3 is 0 Å². The summed E-state index contributed by atoms with van der Waals surface area (Å²) < 4.78 is 0. The molecule has 1 atom stereocenters. The lowest BCUT2D eigenvalue weighted by atomic mass is 9.99. The van der Waals surface area contributed by atoms with E-state index in [-0.39, 0.29) is 0 Å². The summed E-state index contributed by atoms with van der Waals surface area (Å²) in [5, 5.41) is 0. The molecule has 0 heteroatoms. The molecular weight excluding hydrogens is 132 g/mol. The zero-order chi connectivity index (χ0) is 8.43. The van der Waals surface area contributed by atoms with Gasteiger partial charge in [-0.2, -0.15) is 0 Å². The Labute approximate surface area is 69.3 Å². The Kier molecular flexibility index (Phi) is 2.33. The van der Waals surface area contributed by atoms with Crippen LogP contribution in [0.3, 0.4) is 0 Å². The second-order valence-electron chi connectivity index (χ2n) is 3.32. The molecule has 0 aliphatic carbocycles. The van der Waals surface area contributed by atoms with Gasteiger partial charge in [-0.05, 0) is 32.3 Å². The van der Waals surface area contributed by atoms with Crippen molar-refractivity contribution in [2.24, 2.45) is 0 Å². The molecular formula is C11H15. The Balaban J connectivity index is 3.08. The van der Waals surface area contributed by atoms with Crippen molar-refractivity contribution in [3.05, 3.63) is 41.8 Å². The van der Waals surface area contributed by atoms with Crippen LogP contribution >= 0.6 is 0 Å². The number of hydrogen-bond donors (Lipinski definition) is 0. The fourth-order valence-electron chi connectivity index (χ4n) is 1.29. The number of hydrogen-bond acceptors (Lipinski definition) is 0. The van der Waals surface area contributed by atoms with Gasteiger partial charge in [0.1, 0.15) is 0 Å². The van der Waals surface area contributed by atoms with Crippen LogP contribution in [0.1, 0.15) is 29.5 Å². The number of benzene rings is 1. The fourth-order valence-corrected chi connectivity index (χ4v) is 1.29. The lowest BCUT2D eigenvalue weighted by Crippen LogP contribution is -1.89. The van der Waals surface area contributed by atoms with E-state index in [1.54, 1.807) is 0 Å². The number of aryl methyl sites for hydroxylation is 2. The molecule has 0 aliphatic heterocycles. The molecule has 0 bridgehead atoms. The lowest BCUT2D eigenvalue weighted by Gasteiger charge is -2.07. The molecule has 0 fully saturated rings. The minimum absolute atomic E-state index is 0.397. The van der Waals surface area contributed by atoms with Crippen LogP contribution in [0.25, 0.3) is 0 Å². The zero-order valence-corrected chi connectivity index (χ0v) is 7.52. The van der Waals surface area contributed by atoms with E-state index >= 15 is 0 Å². The smallest absolute Gasteiger partial charge is 0.0190 e. The Morgan fingerprint density at radius 1 is 1.09 bits per heavy atom. The van der Waals surface area contributed by atoms with Gasteiger partial charge in [-0.1, -0.05) is 36.2 Å². The molecule has 59 valence electrons. The highest BCUT2D eigenvalue weighted by molar-refractivity contribution is 5.30. The second kappa shape index (κ2) is 3.08. The van der Waals surface area contributed by atoms with Crippen molar-refractivity contribution in [1.29, 1.82) is 0 Å². The Bertz CT molecular complexity index is 226. The van der Waals surface area contributed by atoms with Gasteiger partial charge in [0.2, 0.25) is 0 Å². The summed E-state index contributed by atoms with van der Waals surface area (Å²) in [6.07, 6.45) is 0. The van der Waals surface area contributed by atoms with E-state index in [1.165, 1.54) is 16.7 Å². The van der Waals surface area contributed by atoms with E-state index in [1.807, 2.05) is 0 Å². The van der Waals surface area contributed by atoms with Crippen LogP contribution in [0.15, 0.2) is 18.2 Å². The summed E-state index contributed by atoms with van der Waals surface area (Å²) in [6, 6.07) is 6.58. The van der Waals surface area contributed by atoms with Crippen LogP contribution in [-0.4, -0.2) is 0 Å². The monoisotopic (exact) mass is 147 g/mol. The average Bonchev–Trinajstić information content (AvgIpc) is 1.85. The second-order valence-corrected chi connectivity index (χ2v) is 3.32. The molecule has 0 aromatic heterocycles. The molecule has 1 rings (SSSR count). The van der Waals surface area contributed by atoms with E-state index in [9.17, 15) is 0 Å². The standard InChI is InChI=1S/C11H15/c1-8(2)11-6-9(3)5-10(4)7-11/h5-8H,1H2,2-4H3/t8-/m0/s1. The maximum atomic E-state index is 3.99. The fraction of sp³-hybridized carbons (Fsp3) is 0.364. The minimum Gasteiger partial charge on any atom is -0.0584 e. The first-order valence-corrected chi connectivity index (χ1v) is 4.01. The SMILES string of the molecule is [CH2][C@@H](C)c1cc(C)cc(C)c1. The predicted molar refractivity (Wildman–Crippen MR) is 49.7 cm³/mol. The van der Waals surface area contributed by atoms with Gasteiger partial charge < -0.3 is 0 Å². The van der Waals surface area contributed by atoms with Gasteiger partial charge in [0.25, 0.3) is 0 Å². The summed E-state index contributed by atoms with van der Waals surface area (Å²) in [5.41, 5.74) is 3.99. The van der Waals surface area contributed by atoms with Crippen molar-refractivity contribution in [1.82, 2.24) is 0 Å². The first-order valence-electron chi connectivity index (χ1n) is 4.01. The molecule has 0 N–H and O–H groups in total. The third-order valence-corrected chi connectivity index (χ3v) is 1.81. The van der Waals surface area contributed by atoms with Crippen molar-refractivity contribution in [3.8, 4) is 0 Å². The largest absolute Gasteiger partial charge is 0.0584 e. The molecule has 11 heavy (non-hydrogen) atoms. The molecule has 0 amide bonds. The van der Waals surface area contributed by atoms with Crippen molar-refractivity contribution >= 4 is 0 Å². The lowest BCUT2D eigenvalue weighted by molar-refractivity contribution is 0.958. The maximum Gasteiger partial charge on any atom is -0.0190 e. The third-order valence-electron chi connectivity index (χ3n) is 1.81. The quantitative estimate of drug-likeness (QED) is 0.572. The van der Waals surface area contributed by atoms with Gasteiger partial charge in [0, 0.05) is 0 Å². The molecule has 0 saturated carbocycles. The van der Waals surface area contributed by atoms with Gasteiger partial charge in [-0.25, -0.2) is 0 Å². The van der Waals surface area contributed by atoms with E-state index < -0.39 is 0 Å². The first-order chi connectivity index (χ1) is 5.09. The van der Waals surface area contributed by atoms with Crippen molar-refractivity contribution in [2.75, 3.05) is 0 Å². The van der Waals surface area contributed by atoms with Crippen LogP contribution in [0, 0.1) is 20.8 Å². The highest BCUT2D eigenvalue weighted by Gasteiger charge is 1.99. The van der Waals surface area contributed by atoms with Crippen LogP contribution in [0.5, 0.6) is 0 Å². The van der Waals surface area contributed by atoms with Crippen LogP contribution in [0.4, 0.5) is 0 Å². The van der Waals surface area contributed by atoms with E-state index in [4.69, 9.17) is 0 Å². The third kappa shape index (κ3) is 2.07. The van der Waals surface area contributed by atoms with E-state index in [0.29, 0.717) is 5.92 Å².